The Balaban J connectivity index is 0.00000135. The lowest BCUT2D eigenvalue weighted by molar-refractivity contribution is 1.07. The molecule has 4 aromatic carbocycles. The third-order valence-corrected chi connectivity index (χ3v) is 7.25. The highest BCUT2D eigenvalue weighted by Crippen LogP contribution is 2.35. The first kappa shape index (κ1) is 24.5. The van der Waals surface area contributed by atoms with Gasteiger partial charge in [-0.05, 0) is 30.3 Å². The van der Waals surface area contributed by atoms with E-state index in [2.05, 4.69) is 11.1 Å². The largest absolute Gasteiger partial charge is 0.273 e. The molecule has 0 N–H and O–H groups in total. The first-order valence-corrected chi connectivity index (χ1v) is 13.7. The summed E-state index contributed by atoms with van der Waals surface area (Å²) in [6.45, 7) is 4.00. The van der Waals surface area contributed by atoms with Crippen LogP contribution in [0.4, 0.5) is 0 Å². The second kappa shape index (κ2) is 9.92. The molecule has 6 nitrogen and oxygen atoms in total. The molecule has 8 aromatic rings. The van der Waals surface area contributed by atoms with E-state index in [0.717, 1.165) is 49.4 Å². The average molecular weight is 532 g/mol. The van der Waals surface area contributed by atoms with Gasteiger partial charge in [0.25, 0.3) is 5.56 Å². The van der Waals surface area contributed by atoms with Gasteiger partial charge in [-0.25, -0.2) is 15.0 Å². The second-order valence-corrected chi connectivity index (χ2v) is 9.51. The molecule has 8 rings (SSSR count). The minimum absolute atomic E-state index is 0.0447. The van der Waals surface area contributed by atoms with Gasteiger partial charge in [-0.1, -0.05) is 92.7 Å². The van der Waals surface area contributed by atoms with Gasteiger partial charge in [-0.15, -0.1) is 0 Å². The quantitative estimate of drug-likeness (QED) is 0.218. The van der Waals surface area contributed by atoms with E-state index in [0.29, 0.717) is 22.9 Å². The highest BCUT2D eigenvalue weighted by Gasteiger charge is 2.19. The topological polar surface area (TPSA) is 73.0 Å². The number of hydrogen-bond donors (Lipinski definition) is 0. The predicted octanol–water partition coefficient (Wildman–Crippen LogP) is 7.80. The van der Waals surface area contributed by atoms with Crippen molar-refractivity contribution in [3.63, 3.8) is 0 Å². The van der Waals surface area contributed by atoms with Crippen molar-refractivity contribution in [2.75, 3.05) is 0 Å². The zero-order valence-corrected chi connectivity index (χ0v) is 22.6. The lowest BCUT2D eigenvalue weighted by atomic mass is 10.1. The Morgan fingerprint density at radius 2 is 1.10 bits per heavy atom. The summed E-state index contributed by atoms with van der Waals surface area (Å²) in [6, 6.07) is 35.5. The normalized spacial score (nSPS) is 11.3. The van der Waals surface area contributed by atoms with E-state index in [4.69, 9.17) is 15.0 Å². The van der Waals surface area contributed by atoms with Gasteiger partial charge in [0.15, 0.2) is 17.5 Å². The Hall–Kier alpha value is -5.49. The highest BCUT2D eigenvalue weighted by atomic mass is 16.1. The van der Waals surface area contributed by atoms with Crippen molar-refractivity contribution in [2.45, 2.75) is 13.8 Å². The van der Waals surface area contributed by atoms with Crippen molar-refractivity contribution in [3.05, 3.63) is 126 Å². The van der Waals surface area contributed by atoms with Gasteiger partial charge >= 0.3 is 0 Å². The Morgan fingerprint density at radius 3 is 1.73 bits per heavy atom. The van der Waals surface area contributed by atoms with E-state index in [9.17, 15) is 4.79 Å². The fourth-order valence-corrected chi connectivity index (χ4v) is 5.45. The number of aromatic nitrogens is 5. The number of rotatable bonds is 3. The van der Waals surface area contributed by atoms with Gasteiger partial charge in [-0.2, -0.15) is 0 Å². The van der Waals surface area contributed by atoms with Crippen molar-refractivity contribution in [2.24, 2.45) is 0 Å². The minimum atomic E-state index is -0.0447. The van der Waals surface area contributed by atoms with Crippen molar-refractivity contribution < 1.29 is 0 Å². The maximum Gasteiger partial charge on any atom is 0.263 e. The van der Waals surface area contributed by atoms with Gasteiger partial charge in [0.05, 0.1) is 16.6 Å². The molecule has 0 amide bonds. The fourth-order valence-electron chi connectivity index (χ4n) is 5.45. The van der Waals surface area contributed by atoms with Crippen LogP contribution in [-0.4, -0.2) is 24.3 Å². The SMILES string of the molecule is CC.O=c1c2ccccc2c2nccc3c4cc(-c5nc(-c6ccccc6)nc(-c6ccccc6)n5)ccc4n1c32. The van der Waals surface area contributed by atoms with E-state index in [1.165, 1.54) is 0 Å². The third kappa shape index (κ3) is 3.92. The van der Waals surface area contributed by atoms with Gasteiger partial charge in [-0.3, -0.25) is 14.2 Å². The molecule has 0 unspecified atom stereocenters. The van der Waals surface area contributed by atoms with Crippen LogP contribution in [0.3, 0.4) is 0 Å². The molecular weight excluding hydrogens is 506 g/mol. The molecule has 4 heterocycles. The van der Waals surface area contributed by atoms with E-state index in [1.54, 1.807) is 4.40 Å². The summed E-state index contributed by atoms with van der Waals surface area (Å²) in [5.41, 5.74) is 5.12. The van der Waals surface area contributed by atoms with Crippen molar-refractivity contribution in [1.82, 2.24) is 24.3 Å². The summed E-state index contributed by atoms with van der Waals surface area (Å²) in [4.78, 5) is 32.9. The van der Waals surface area contributed by atoms with E-state index >= 15 is 0 Å². The highest BCUT2D eigenvalue weighted by molar-refractivity contribution is 6.19. The fraction of sp³-hybridized carbons (Fsp3) is 0.0571. The summed E-state index contributed by atoms with van der Waals surface area (Å²) in [7, 11) is 0. The third-order valence-electron chi connectivity index (χ3n) is 7.25. The van der Waals surface area contributed by atoms with E-state index in [1.807, 2.05) is 123 Å². The standard InChI is InChI=1S/C33H19N5O.C2H6/c39-33-25-14-8-7-13-23(25)28-29-24(17-18-34-28)26-19-22(15-16-27(26)38(29)33)32-36-30(20-9-3-1-4-10-20)35-31(37-32)21-11-5-2-6-12-21;1-2/h1-19H;1-2H3. The number of nitrogens with zero attached hydrogens (tertiary/aromatic N) is 5. The van der Waals surface area contributed by atoms with E-state index < -0.39 is 0 Å². The second-order valence-electron chi connectivity index (χ2n) is 9.51. The summed E-state index contributed by atoms with van der Waals surface area (Å²) >= 11 is 0. The molecule has 0 aliphatic rings. The van der Waals surface area contributed by atoms with Crippen LogP contribution in [0.1, 0.15) is 13.8 Å². The number of benzene rings is 4. The molecule has 0 aliphatic carbocycles. The molecule has 0 atom stereocenters. The molecule has 0 spiro atoms. The van der Waals surface area contributed by atoms with E-state index in [-0.39, 0.29) is 5.56 Å². The van der Waals surface area contributed by atoms with Crippen LogP contribution in [0.2, 0.25) is 0 Å². The average Bonchev–Trinajstić information content (AvgIpc) is 3.40. The molecule has 0 saturated heterocycles. The van der Waals surface area contributed by atoms with Crippen LogP contribution in [0.25, 0.3) is 72.3 Å². The molecule has 0 aliphatic heterocycles. The summed E-state index contributed by atoms with van der Waals surface area (Å²) < 4.78 is 1.79. The minimum Gasteiger partial charge on any atom is -0.273 e. The Morgan fingerprint density at radius 1 is 0.537 bits per heavy atom. The Labute approximate surface area is 236 Å². The number of hydrogen-bond acceptors (Lipinski definition) is 5. The summed E-state index contributed by atoms with van der Waals surface area (Å²) in [6.07, 6.45) is 1.81. The monoisotopic (exact) mass is 531 g/mol. The van der Waals surface area contributed by atoms with Crippen molar-refractivity contribution in [1.29, 1.82) is 0 Å². The summed E-state index contributed by atoms with van der Waals surface area (Å²) in [5.74, 6) is 1.79. The van der Waals surface area contributed by atoms with Gasteiger partial charge in [0.1, 0.15) is 0 Å². The van der Waals surface area contributed by atoms with Crippen LogP contribution < -0.4 is 5.56 Å². The molecule has 0 bridgehead atoms. The molecule has 0 radical (unpaired) electrons. The van der Waals surface area contributed by atoms with Crippen LogP contribution in [0.15, 0.2) is 120 Å². The lowest BCUT2D eigenvalue weighted by Gasteiger charge is -2.08. The molecular formula is C35H25N5O. The molecule has 0 saturated carbocycles. The van der Waals surface area contributed by atoms with Crippen LogP contribution >= 0.6 is 0 Å². The van der Waals surface area contributed by atoms with Crippen molar-refractivity contribution >= 4 is 38.1 Å². The Bertz CT molecular complexity index is 2180. The van der Waals surface area contributed by atoms with Gasteiger partial charge in [0, 0.05) is 44.4 Å². The lowest BCUT2D eigenvalue weighted by Crippen LogP contribution is -2.13. The number of fused-ring (bicyclic) bond motifs is 5. The van der Waals surface area contributed by atoms with Crippen LogP contribution in [-0.2, 0) is 0 Å². The number of pyridine rings is 2. The van der Waals surface area contributed by atoms with Gasteiger partial charge < -0.3 is 0 Å². The predicted molar refractivity (Wildman–Crippen MR) is 166 cm³/mol. The maximum absolute atomic E-state index is 13.6. The van der Waals surface area contributed by atoms with Crippen LogP contribution in [0, 0.1) is 0 Å². The molecule has 4 aromatic heterocycles. The van der Waals surface area contributed by atoms with Crippen molar-refractivity contribution in [3.8, 4) is 34.2 Å². The van der Waals surface area contributed by atoms with Crippen LogP contribution in [0.5, 0.6) is 0 Å². The molecule has 41 heavy (non-hydrogen) atoms. The first-order valence-electron chi connectivity index (χ1n) is 13.7. The maximum atomic E-state index is 13.6. The molecule has 0 fully saturated rings. The Kier molecular flexibility index (Phi) is 5.94. The first-order chi connectivity index (χ1) is 20.3. The van der Waals surface area contributed by atoms with Gasteiger partial charge in [0.2, 0.25) is 0 Å². The zero-order valence-electron chi connectivity index (χ0n) is 22.6. The smallest absolute Gasteiger partial charge is 0.263 e. The summed E-state index contributed by atoms with van der Waals surface area (Å²) in [5, 5.41) is 3.45. The molecule has 6 heteroatoms. The molecule has 196 valence electrons. The zero-order chi connectivity index (χ0) is 27.9.